The summed E-state index contributed by atoms with van der Waals surface area (Å²) in [5.41, 5.74) is -0.324. The highest BCUT2D eigenvalue weighted by atomic mass is 16.6. The molecule has 0 spiro atoms. The van der Waals surface area contributed by atoms with Gasteiger partial charge in [-0.3, -0.25) is 4.79 Å². The highest BCUT2D eigenvalue weighted by molar-refractivity contribution is 5.76. The van der Waals surface area contributed by atoms with Gasteiger partial charge in [0, 0.05) is 12.0 Å². The highest BCUT2D eigenvalue weighted by Crippen LogP contribution is 2.13. The van der Waals surface area contributed by atoms with Crippen molar-refractivity contribution in [2.24, 2.45) is 0 Å². The van der Waals surface area contributed by atoms with E-state index in [0.717, 1.165) is 0 Å². The summed E-state index contributed by atoms with van der Waals surface area (Å²) in [5, 5.41) is 9.05. The van der Waals surface area contributed by atoms with Gasteiger partial charge in [-0.2, -0.15) is 0 Å². The van der Waals surface area contributed by atoms with Crippen LogP contribution in [0.4, 0.5) is 0 Å². The summed E-state index contributed by atoms with van der Waals surface area (Å²) in [4.78, 5) is 21.8. The number of carbonyl (C=O) groups excluding carboxylic acids is 2. The Morgan fingerprint density at radius 2 is 2.00 bits per heavy atom. The Morgan fingerprint density at radius 3 is 2.33 bits per heavy atom. The molecule has 0 aliphatic carbocycles. The van der Waals surface area contributed by atoms with Crippen molar-refractivity contribution < 1.29 is 19.4 Å². The standard InChI is InChI=1S/C11H18O4/c1-8(13)5-9(7-12)6-10(14)15-11(2,3)4/h8,13H,5-6H2,1-4H3/t8-/m1/s1. The van der Waals surface area contributed by atoms with Crippen molar-refractivity contribution >= 4 is 11.9 Å². The van der Waals surface area contributed by atoms with Gasteiger partial charge in [-0.15, -0.1) is 0 Å². The van der Waals surface area contributed by atoms with Gasteiger partial charge in [0.15, 0.2) is 0 Å². The van der Waals surface area contributed by atoms with Crippen LogP contribution < -0.4 is 0 Å². The molecule has 4 heteroatoms. The smallest absolute Gasteiger partial charge is 0.311 e. The largest absolute Gasteiger partial charge is 0.460 e. The fourth-order valence-electron chi connectivity index (χ4n) is 1.06. The van der Waals surface area contributed by atoms with Crippen LogP contribution in [0.25, 0.3) is 0 Å². The molecule has 0 fully saturated rings. The summed E-state index contributed by atoms with van der Waals surface area (Å²) in [6.07, 6.45) is -0.599. The van der Waals surface area contributed by atoms with Gasteiger partial charge in [0.2, 0.25) is 0 Å². The Morgan fingerprint density at radius 1 is 1.47 bits per heavy atom. The molecule has 0 aromatic carbocycles. The fourth-order valence-corrected chi connectivity index (χ4v) is 1.06. The van der Waals surface area contributed by atoms with Gasteiger partial charge in [-0.1, -0.05) is 0 Å². The maximum atomic E-state index is 11.3. The van der Waals surface area contributed by atoms with Crippen molar-refractivity contribution in [2.75, 3.05) is 0 Å². The van der Waals surface area contributed by atoms with Crippen LogP contribution in [0.15, 0.2) is 5.57 Å². The average Bonchev–Trinajstić information content (AvgIpc) is 1.98. The monoisotopic (exact) mass is 214 g/mol. The van der Waals surface area contributed by atoms with Crippen LogP contribution in [0.1, 0.15) is 40.5 Å². The first kappa shape index (κ1) is 13.9. The summed E-state index contributed by atoms with van der Waals surface area (Å²) >= 11 is 0. The van der Waals surface area contributed by atoms with Gasteiger partial charge in [-0.25, -0.2) is 4.79 Å². The molecule has 0 rings (SSSR count). The summed E-state index contributed by atoms with van der Waals surface area (Å²) in [6, 6.07) is 0. The fraction of sp³-hybridized carbons (Fsp3) is 0.727. The Bertz CT molecular complexity index is 267. The second-order valence-corrected chi connectivity index (χ2v) is 4.52. The van der Waals surface area contributed by atoms with Crippen molar-refractivity contribution in [3.8, 4) is 0 Å². The van der Waals surface area contributed by atoms with Crippen LogP contribution in [0.3, 0.4) is 0 Å². The molecule has 0 heterocycles. The van der Waals surface area contributed by atoms with E-state index >= 15 is 0 Å². The molecule has 0 aliphatic rings. The summed E-state index contributed by atoms with van der Waals surface area (Å²) < 4.78 is 5.03. The molecule has 0 radical (unpaired) electrons. The molecule has 0 unspecified atom stereocenters. The molecule has 0 aliphatic heterocycles. The van der Waals surface area contributed by atoms with Crippen LogP contribution >= 0.6 is 0 Å². The lowest BCUT2D eigenvalue weighted by atomic mass is 10.1. The van der Waals surface area contributed by atoms with E-state index in [1.807, 2.05) is 0 Å². The van der Waals surface area contributed by atoms with E-state index in [2.05, 4.69) is 0 Å². The van der Waals surface area contributed by atoms with E-state index in [-0.39, 0.29) is 18.4 Å². The predicted molar refractivity (Wildman–Crippen MR) is 56.0 cm³/mol. The zero-order valence-electron chi connectivity index (χ0n) is 9.66. The molecule has 0 aromatic heterocycles. The van der Waals surface area contributed by atoms with Gasteiger partial charge in [0.1, 0.15) is 11.5 Å². The van der Waals surface area contributed by atoms with Gasteiger partial charge in [0.25, 0.3) is 0 Å². The van der Waals surface area contributed by atoms with Gasteiger partial charge >= 0.3 is 5.97 Å². The summed E-state index contributed by atoms with van der Waals surface area (Å²) in [7, 11) is 0. The zero-order valence-corrected chi connectivity index (χ0v) is 9.66. The normalized spacial score (nSPS) is 12.9. The van der Waals surface area contributed by atoms with Crippen LogP contribution in [0.2, 0.25) is 0 Å². The quantitative estimate of drug-likeness (QED) is 0.565. The minimum absolute atomic E-state index is 0.105. The molecule has 1 atom stereocenters. The van der Waals surface area contributed by atoms with E-state index in [1.165, 1.54) is 0 Å². The summed E-state index contributed by atoms with van der Waals surface area (Å²) in [5.74, 6) is 1.19. The first-order valence-electron chi connectivity index (χ1n) is 4.87. The number of hydrogen-bond acceptors (Lipinski definition) is 4. The first-order chi connectivity index (χ1) is 6.74. The first-order valence-corrected chi connectivity index (χ1v) is 4.87. The molecule has 86 valence electrons. The number of aliphatic hydroxyl groups is 1. The van der Waals surface area contributed by atoms with Gasteiger partial charge in [-0.05, 0) is 27.7 Å². The average molecular weight is 214 g/mol. The minimum atomic E-state index is -0.649. The number of ether oxygens (including phenoxy) is 1. The third-order valence-electron chi connectivity index (χ3n) is 1.46. The Balaban J connectivity index is 4.22. The second kappa shape index (κ2) is 5.69. The van der Waals surface area contributed by atoms with Crippen molar-refractivity contribution in [1.82, 2.24) is 0 Å². The number of carbonyl (C=O) groups is 1. The SMILES string of the molecule is C[C@@H](O)CC(=C=O)CC(=O)OC(C)(C)C. The lowest BCUT2D eigenvalue weighted by molar-refractivity contribution is -0.153. The van der Waals surface area contributed by atoms with Crippen molar-refractivity contribution in [2.45, 2.75) is 52.2 Å². The van der Waals surface area contributed by atoms with Crippen LogP contribution in [0, 0.1) is 0 Å². The summed E-state index contributed by atoms with van der Waals surface area (Å²) in [6.45, 7) is 6.81. The molecule has 0 saturated heterocycles. The van der Waals surface area contributed by atoms with Crippen LogP contribution in [-0.4, -0.2) is 28.7 Å². The van der Waals surface area contributed by atoms with Crippen LogP contribution in [0.5, 0.6) is 0 Å². The lowest BCUT2D eigenvalue weighted by Gasteiger charge is -2.19. The van der Waals surface area contributed by atoms with Crippen molar-refractivity contribution in [3.63, 3.8) is 0 Å². The van der Waals surface area contributed by atoms with Gasteiger partial charge < -0.3 is 9.84 Å². The number of esters is 1. The number of aliphatic hydroxyl groups excluding tert-OH is 1. The van der Waals surface area contributed by atoms with E-state index < -0.39 is 17.7 Å². The third-order valence-corrected chi connectivity index (χ3v) is 1.46. The molecule has 4 nitrogen and oxygen atoms in total. The van der Waals surface area contributed by atoms with E-state index in [0.29, 0.717) is 0 Å². The topological polar surface area (TPSA) is 63.6 Å². The molecular weight excluding hydrogens is 196 g/mol. The zero-order chi connectivity index (χ0) is 12.1. The van der Waals surface area contributed by atoms with E-state index in [4.69, 9.17) is 9.84 Å². The predicted octanol–water partition coefficient (Wildman–Crippen LogP) is 1.25. The van der Waals surface area contributed by atoms with Crippen molar-refractivity contribution in [1.29, 1.82) is 0 Å². The molecule has 0 amide bonds. The molecular formula is C11H18O4. The third kappa shape index (κ3) is 7.91. The Kier molecular flexibility index (Phi) is 5.26. The maximum absolute atomic E-state index is 11.3. The second-order valence-electron chi connectivity index (χ2n) is 4.52. The number of rotatable bonds is 4. The molecule has 0 saturated carbocycles. The number of hydrogen-bond donors (Lipinski definition) is 1. The molecule has 1 N–H and O–H groups in total. The van der Waals surface area contributed by atoms with E-state index in [1.54, 1.807) is 33.6 Å². The highest BCUT2D eigenvalue weighted by Gasteiger charge is 2.18. The van der Waals surface area contributed by atoms with Gasteiger partial charge in [0.05, 0.1) is 12.5 Å². The maximum Gasteiger partial charge on any atom is 0.311 e. The molecule has 0 aromatic rings. The molecule has 15 heavy (non-hydrogen) atoms. The minimum Gasteiger partial charge on any atom is -0.460 e. The van der Waals surface area contributed by atoms with Crippen LogP contribution in [-0.2, 0) is 14.3 Å². The Labute approximate surface area is 89.9 Å². The Hall–Kier alpha value is -1.12. The van der Waals surface area contributed by atoms with Crippen molar-refractivity contribution in [3.05, 3.63) is 5.57 Å². The van der Waals surface area contributed by atoms with E-state index in [9.17, 15) is 9.59 Å². The molecule has 0 bridgehead atoms. The lowest BCUT2D eigenvalue weighted by Crippen LogP contribution is -2.24.